The van der Waals surface area contributed by atoms with Crippen LogP contribution in [0.3, 0.4) is 0 Å². The molecule has 0 unspecified atom stereocenters. The van der Waals surface area contributed by atoms with E-state index >= 15 is 0 Å². The number of para-hydroxylation sites is 1. The summed E-state index contributed by atoms with van der Waals surface area (Å²) in [7, 11) is 0. The van der Waals surface area contributed by atoms with Gasteiger partial charge >= 0.3 is 6.09 Å². The van der Waals surface area contributed by atoms with Crippen LogP contribution in [0.15, 0.2) is 84.9 Å². The lowest BCUT2D eigenvalue weighted by atomic mass is 9.95. The number of halogens is 1. The minimum Gasteiger partial charge on any atom is -0.442 e. The van der Waals surface area contributed by atoms with Gasteiger partial charge in [0.05, 0.1) is 5.69 Å². The number of carbonyl (C=O) groups is 3. The summed E-state index contributed by atoms with van der Waals surface area (Å²) in [5, 5.41) is 6.29. The maximum absolute atomic E-state index is 14.1. The molecule has 238 valence electrons. The number of nitrogens with one attached hydrogen (secondary N) is 4. The fourth-order valence-corrected chi connectivity index (χ4v) is 6.33. The lowest BCUT2D eigenvalue weighted by Crippen LogP contribution is -2.34. The summed E-state index contributed by atoms with van der Waals surface area (Å²) in [5.74, 6) is 0.0394. The highest BCUT2D eigenvalue weighted by molar-refractivity contribution is 6.19. The van der Waals surface area contributed by atoms with Gasteiger partial charge in [-0.05, 0) is 68.1 Å². The van der Waals surface area contributed by atoms with Gasteiger partial charge in [0.1, 0.15) is 17.0 Å². The number of benzene rings is 4. The van der Waals surface area contributed by atoms with Crippen LogP contribution in [0.5, 0.6) is 5.75 Å². The molecular weight excluding hydrogens is 618 g/mol. The van der Waals surface area contributed by atoms with Crippen LogP contribution in [0.1, 0.15) is 53.2 Å². The Morgan fingerprint density at radius 3 is 2.34 bits per heavy atom. The molecule has 3 heterocycles. The van der Waals surface area contributed by atoms with E-state index < -0.39 is 11.7 Å². The fourth-order valence-electron chi connectivity index (χ4n) is 6.08. The summed E-state index contributed by atoms with van der Waals surface area (Å²) in [4.78, 5) is 53.3. The standard InChI is InChI=1S/C36H32ClN5O5/c1-36(2,3)46-35(45)41-47-31-17-30-32(25-10-6-5-9-24(25)31)22(18-37)19-42(30)34(44)29-16-21-14-23(12-13-27(21)40-29)38-33(43)28-15-20-8-4-7-11-26(20)39-28/h4-17,22,39-40H,18-19H2,1-3H3,(H,38,43)(H,41,45)/t22-/m0/s1. The molecule has 0 aliphatic carbocycles. The number of fused-ring (bicyclic) bond motifs is 5. The van der Waals surface area contributed by atoms with Gasteiger partial charge in [-0.3, -0.25) is 9.59 Å². The normalized spacial score (nSPS) is 14.4. The number of amides is 3. The minimum atomic E-state index is -0.733. The van der Waals surface area contributed by atoms with Gasteiger partial charge in [0, 0.05) is 57.3 Å². The number of hydroxylamine groups is 1. The first-order chi connectivity index (χ1) is 22.6. The molecule has 0 bridgehead atoms. The largest absolute Gasteiger partial charge is 0.442 e. The molecule has 6 aromatic rings. The molecule has 2 aromatic heterocycles. The third-order valence-electron chi connectivity index (χ3n) is 8.09. The van der Waals surface area contributed by atoms with Crippen molar-refractivity contribution in [3.63, 3.8) is 0 Å². The molecule has 3 amide bonds. The van der Waals surface area contributed by atoms with Crippen LogP contribution in [0, 0.1) is 0 Å². The number of hydrogen-bond donors (Lipinski definition) is 4. The SMILES string of the molecule is CC(C)(C)OC(=O)NOc1cc2c(c3ccccc13)[C@@H](CCl)CN2C(=O)c1cc2cc(NC(=O)c3cc4ccccc4[nH]3)ccc2[nH]1. The second-order valence-corrected chi connectivity index (χ2v) is 12.8. The summed E-state index contributed by atoms with van der Waals surface area (Å²) in [6.07, 6.45) is -0.733. The number of aromatic amines is 2. The third kappa shape index (κ3) is 5.83. The zero-order valence-corrected chi connectivity index (χ0v) is 26.7. The van der Waals surface area contributed by atoms with Gasteiger partial charge in [-0.25, -0.2) is 4.79 Å². The number of rotatable bonds is 6. The maximum atomic E-state index is 14.1. The summed E-state index contributed by atoms with van der Waals surface area (Å²) in [6, 6.07) is 26.1. The molecule has 1 aliphatic rings. The van der Waals surface area contributed by atoms with Crippen LogP contribution in [-0.2, 0) is 4.74 Å². The van der Waals surface area contributed by atoms with E-state index in [4.69, 9.17) is 21.2 Å². The quantitative estimate of drug-likeness (QED) is 0.108. The average Bonchev–Trinajstić information content (AvgIpc) is 3.77. The Labute approximate surface area is 274 Å². The molecule has 1 atom stereocenters. The van der Waals surface area contributed by atoms with Gasteiger partial charge in [-0.2, -0.15) is 5.48 Å². The molecule has 0 fully saturated rings. The van der Waals surface area contributed by atoms with E-state index in [-0.39, 0.29) is 17.7 Å². The zero-order valence-electron chi connectivity index (χ0n) is 25.9. The van der Waals surface area contributed by atoms with Crippen molar-refractivity contribution < 1.29 is 24.0 Å². The molecule has 0 radical (unpaired) electrons. The zero-order chi connectivity index (χ0) is 32.9. The minimum absolute atomic E-state index is 0.121. The Bertz CT molecular complexity index is 2160. The van der Waals surface area contributed by atoms with Gasteiger partial charge < -0.3 is 29.8 Å². The van der Waals surface area contributed by atoms with Crippen LogP contribution >= 0.6 is 11.6 Å². The van der Waals surface area contributed by atoms with Gasteiger partial charge in [-0.1, -0.05) is 42.5 Å². The fraction of sp³-hybridized carbons (Fsp3) is 0.194. The second-order valence-electron chi connectivity index (χ2n) is 12.5. The Morgan fingerprint density at radius 1 is 0.872 bits per heavy atom. The molecule has 0 spiro atoms. The molecule has 4 aromatic carbocycles. The number of carbonyl (C=O) groups excluding carboxylic acids is 3. The predicted octanol–water partition coefficient (Wildman–Crippen LogP) is 7.86. The van der Waals surface area contributed by atoms with Crippen molar-refractivity contribution in [1.82, 2.24) is 15.4 Å². The highest BCUT2D eigenvalue weighted by Gasteiger charge is 2.36. The first kappa shape index (κ1) is 30.2. The van der Waals surface area contributed by atoms with Crippen molar-refractivity contribution in [2.75, 3.05) is 22.6 Å². The third-order valence-corrected chi connectivity index (χ3v) is 8.46. The number of anilines is 2. The van der Waals surface area contributed by atoms with Gasteiger partial charge in [0.25, 0.3) is 11.8 Å². The lowest BCUT2D eigenvalue weighted by Gasteiger charge is -2.21. The summed E-state index contributed by atoms with van der Waals surface area (Å²) < 4.78 is 5.32. The Morgan fingerprint density at radius 2 is 1.57 bits per heavy atom. The van der Waals surface area contributed by atoms with Crippen LogP contribution < -0.4 is 20.5 Å². The van der Waals surface area contributed by atoms with E-state index in [1.807, 2.05) is 66.7 Å². The van der Waals surface area contributed by atoms with Crippen LogP contribution in [0.4, 0.5) is 16.2 Å². The summed E-state index contributed by atoms with van der Waals surface area (Å²) in [5.41, 5.74) is 6.30. The van der Waals surface area contributed by atoms with Crippen LogP contribution in [0.2, 0.25) is 0 Å². The van der Waals surface area contributed by atoms with Crippen molar-refractivity contribution in [1.29, 1.82) is 0 Å². The molecule has 10 nitrogen and oxygen atoms in total. The highest BCUT2D eigenvalue weighted by atomic mass is 35.5. The second kappa shape index (κ2) is 11.7. The van der Waals surface area contributed by atoms with E-state index in [0.717, 1.165) is 38.1 Å². The highest BCUT2D eigenvalue weighted by Crippen LogP contribution is 2.46. The maximum Gasteiger partial charge on any atom is 0.441 e. The Kier molecular flexibility index (Phi) is 7.52. The van der Waals surface area contributed by atoms with Gasteiger partial charge in [0.2, 0.25) is 0 Å². The number of alkyl halides is 1. The predicted molar refractivity (Wildman–Crippen MR) is 184 cm³/mol. The van der Waals surface area contributed by atoms with Crippen LogP contribution in [0.25, 0.3) is 32.6 Å². The van der Waals surface area contributed by atoms with E-state index in [1.54, 1.807) is 43.9 Å². The molecule has 4 N–H and O–H groups in total. The number of ether oxygens (including phenoxy) is 1. The molecule has 47 heavy (non-hydrogen) atoms. The average molecular weight is 650 g/mol. The summed E-state index contributed by atoms with van der Waals surface area (Å²) in [6.45, 7) is 5.66. The van der Waals surface area contributed by atoms with Crippen molar-refractivity contribution in [2.45, 2.75) is 32.3 Å². The number of hydrogen-bond acceptors (Lipinski definition) is 5. The van der Waals surface area contributed by atoms with Crippen molar-refractivity contribution in [3.8, 4) is 5.75 Å². The molecule has 11 heteroatoms. The molecular formula is C36H32ClN5O5. The first-order valence-corrected chi connectivity index (χ1v) is 15.7. The number of nitrogens with zero attached hydrogens (tertiary/aromatic N) is 1. The topological polar surface area (TPSA) is 129 Å². The van der Waals surface area contributed by atoms with Gasteiger partial charge in [0.15, 0.2) is 5.75 Å². The molecule has 0 saturated heterocycles. The van der Waals surface area contributed by atoms with E-state index in [9.17, 15) is 14.4 Å². The Balaban J connectivity index is 1.17. The van der Waals surface area contributed by atoms with Crippen LogP contribution in [-0.4, -0.2) is 45.9 Å². The van der Waals surface area contributed by atoms with E-state index in [2.05, 4.69) is 20.8 Å². The van der Waals surface area contributed by atoms with Crippen molar-refractivity contribution in [2.24, 2.45) is 0 Å². The van der Waals surface area contributed by atoms with E-state index in [0.29, 0.717) is 40.9 Å². The first-order valence-electron chi connectivity index (χ1n) is 15.2. The Hall–Kier alpha value is -5.48. The van der Waals surface area contributed by atoms with Crippen molar-refractivity contribution in [3.05, 3.63) is 102 Å². The smallest absolute Gasteiger partial charge is 0.441 e. The molecule has 0 saturated carbocycles. The number of aromatic nitrogens is 2. The molecule has 7 rings (SSSR count). The molecule has 1 aliphatic heterocycles. The monoisotopic (exact) mass is 649 g/mol. The number of H-pyrrole nitrogens is 2. The van der Waals surface area contributed by atoms with Gasteiger partial charge in [-0.15, -0.1) is 11.6 Å². The van der Waals surface area contributed by atoms with E-state index in [1.165, 1.54) is 0 Å². The summed E-state index contributed by atoms with van der Waals surface area (Å²) >= 11 is 6.46. The van der Waals surface area contributed by atoms with Crippen molar-refractivity contribution >= 4 is 73.5 Å². The lowest BCUT2D eigenvalue weighted by molar-refractivity contribution is 0.0290.